The molecule has 0 bridgehead atoms. The van der Waals surface area contributed by atoms with E-state index in [1.165, 1.54) is 12.0 Å². The van der Waals surface area contributed by atoms with Gasteiger partial charge in [-0.15, -0.1) is 0 Å². The summed E-state index contributed by atoms with van der Waals surface area (Å²) >= 11 is 3.43. The van der Waals surface area contributed by atoms with E-state index in [9.17, 15) is 14.7 Å². The molecule has 5 aromatic rings. The van der Waals surface area contributed by atoms with Crippen LogP contribution in [0.4, 0.5) is 5.69 Å². The van der Waals surface area contributed by atoms with Gasteiger partial charge in [0.05, 0.1) is 18.7 Å². The maximum absolute atomic E-state index is 14.0. The van der Waals surface area contributed by atoms with Crippen LogP contribution >= 0.6 is 15.9 Å². The fourth-order valence-corrected chi connectivity index (χ4v) is 5.28. The second kappa shape index (κ2) is 8.94. The number of methoxy groups -OCH3 is 1. The maximum Gasteiger partial charge on any atom is 0.294 e. The Labute approximate surface area is 220 Å². The Hall–Kier alpha value is -4.36. The molecule has 0 radical (unpaired) electrons. The van der Waals surface area contributed by atoms with E-state index in [4.69, 9.17) is 9.15 Å². The molecule has 0 spiro atoms. The minimum Gasteiger partial charge on any atom is -0.503 e. The maximum atomic E-state index is 14.0. The number of carbonyl (C=O) groups is 2. The SMILES string of the molecule is COc1cccc(N2C(=O)C(O)=C(C(=O)c3cc4cc(Br)ccc4o3)C2c2cccc3ccccc23)c1. The van der Waals surface area contributed by atoms with Crippen LogP contribution in [0.2, 0.25) is 0 Å². The van der Waals surface area contributed by atoms with Gasteiger partial charge in [0.2, 0.25) is 5.78 Å². The van der Waals surface area contributed by atoms with Gasteiger partial charge in [-0.2, -0.15) is 0 Å². The molecule has 0 saturated carbocycles. The van der Waals surface area contributed by atoms with Crippen LogP contribution < -0.4 is 9.64 Å². The highest BCUT2D eigenvalue weighted by Crippen LogP contribution is 2.45. The predicted molar refractivity (Wildman–Crippen MR) is 145 cm³/mol. The van der Waals surface area contributed by atoms with Gasteiger partial charge in [-0.05, 0) is 52.7 Å². The number of rotatable bonds is 5. The Morgan fingerprint density at radius 3 is 2.57 bits per heavy atom. The van der Waals surface area contributed by atoms with Gasteiger partial charge < -0.3 is 14.3 Å². The molecule has 1 atom stereocenters. The van der Waals surface area contributed by atoms with E-state index in [1.54, 1.807) is 36.4 Å². The molecule has 0 saturated heterocycles. The van der Waals surface area contributed by atoms with Crippen molar-refractivity contribution >= 4 is 55.0 Å². The summed E-state index contributed by atoms with van der Waals surface area (Å²) in [7, 11) is 1.54. The number of aliphatic hydroxyl groups is 1. The zero-order valence-electron chi connectivity index (χ0n) is 19.6. The minimum absolute atomic E-state index is 0.0395. The fraction of sp³-hybridized carbons (Fsp3) is 0.0667. The largest absolute Gasteiger partial charge is 0.503 e. The lowest BCUT2D eigenvalue weighted by Crippen LogP contribution is -2.31. The molecule has 6 nitrogen and oxygen atoms in total. The zero-order chi connectivity index (χ0) is 25.7. The Morgan fingerprint density at radius 2 is 1.73 bits per heavy atom. The number of furan rings is 1. The topological polar surface area (TPSA) is 80.0 Å². The fourth-order valence-electron chi connectivity index (χ4n) is 4.91. The van der Waals surface area contributed by atoms with Crippen LogP contribution in [0.15, 0.2) is 111 Å². The number of nitrogens with zero attached hydrogens (tertiary/aromatic N) is 1. The number of halogens is 1. The molecule has 1 amide bonds. The Bertz CT molecular complexity index is 1750. The first-order valence-corrected chi connectivity index (χ1v) is 12.4. The third-order valence-electron chi connectivity index (χ3n) is 6.60. The highest BCUT2D eigenvalue weighted by atomic mass is 79.9. The van der Waals surface area contributed by atoms with Crippen molar-refractivity contribution in [2.75, 3.05) is 12.0 Å². The van der Waals surface area contributed by atoms with Crippen LogP contribution in [0.25, 0.3) is 21.7 Å². The summed E-state index contributed by atoms with van der Waals surface area (Å²) < 4.78 is 12.1. The van der Waals surface area contributed by atoms with E-state index < -0.39 is 23.5 Å². The highest BCUT2D eigenvalue weighted by Gasteiger charge is 2.46. The van der Waals surface area contributed by atoms with Crippen LogP contribution in [0.1, 0.15) is 22.2 Å². The minimum atomic E-state index is -0.891. The molecule has 7 heteroatoms. The summed E-state index contributed by atoms with van der Waals surface area (Å²) in [6.45, 7) is 0. The van der Waals surface area contributed by atoms with E-state index >= 15 is 0 Å². The smallest absolute Gasteiger partial charge is 0.294 e. The Balaban J connectivity index is 1.57. The van der Waals surface area contributed by atoms with Crippen molar-refractivity contribution in [3.8, 4) is 5.75 Å². The van der Waals surface area contributed by atoms with Crippen LogP contribution in [-0.4, -0.2) is 23.9 Å². The summed E-state index contributed by atoms with van der Waals surface area (Å²) in [4.78, 5) is 29.0. The second-order valence-electron chi connectivity index (χ2n) is 8.73. The van der Waals surface area contributed by atoms with Crippen LogP contribution in [0, 0.1) is 0 Å². The van der Waals surface area contributed by atoms with E-state index in [-0.39, 0.29) is 11.3 Å². The molecule has 1 N–H and O–H groups in total. The third-order valence-corrected chi connectivity index (χ3v) is 7.10. The number of anilines is 1. The van der Waals surface area contributed by atoms with Gasteiger partial charge in [0.1, 0.15) is 11.3 Å². The van der Waals surface area contributed by atoms with Crippen molar-refractivity contribution in [3.63, 3.8) is 0 Å². The normalized spacial score (nSPS) is 15.7. The van der Waals surface area contributed by atoms with Crippen molar-refractivity contribution in [1.82, 2.24) is 0 Å². The third kappa shape index (κ3) is 3.79. The van der Waals surface area contributed by atoms with E-state index in [1.807, 2.05) is 54.6 Å². The van der Waals surface area contributed by atoms with E-state index in [0.717, 1.165) is 20.6 Å². The zero-order valence-corrected chi connectivity index (χ0v) is 21.2. The Morgan fingerprint density at radius 1 is 0.946 bits per heavy atom. The van der Waals surface area contributed by atoms with Gasteiger partial charge >= 0.3 is 0 Å². The van der Waals surface area contributed by atoms with Gasteiger partial charge in [-0.1, -0.05) is 64.5 Å². The quantitative estimate of drug-likeness (QED) is 0.234. The lowest BCUT2D eigenvalue weighted by molar-refractivity contribution is -0.117. The van der Waals surface area contributed by atoms with Gasteiger partial charge in [0.15, 0.2) is 11.5 Å². The first-order valence-electron chi connectivity index (χ1n) is 11.6. The van der Waals surface area contributed by atoms with Crippen molar-refractivity contribution < 1.29 is 23.8 Å². The summed E-state index contributed by atoms with van der Waals surface area (Å²) in [6, 6.07) is 26.6. The molecular weight excluding hydrogens is 534 g/mol. The molecule has 6 rings (SSSR count). The van der Waals surface area contributed by atoms with Gasteiger partial charge in [0, 0.05) is 21.6 Å². The molecule has 182 valence electrons. The molecule has 0 fully saturated rings. The van der Waals surface area contributed by atoms with Crippen molar-refractivity contribution in [3.05, 3.63) is 118 Å². The number of ether oxygens (including phenoxy) is 1. The van der Waals surface area contributed by atoms with Gasteiger partial charge in [-0.3, -0.25) is 14.5 Å². The average molecular weight is 554 g/mol. The molecule has 1 aliphatic heterocycles. The predicted octanol–water partition coefficient (Wildman–Crippen LogP) is 7.14. The highest BCUT2D eigenvalue weighted by molar-refractivity contribution is 9.10. The number of ketones is 1. The molecular formula is C30H20BrNO5. The van der Waals surface area contributed by atoms with E-state index in [2.05, 4.69) is 15.9 Å². The molecule has 4 aromatic carbocycles. The van der Waals surface area contributed by atoms with Gasteiger partial charge in [-0.25, -0.2) is 0 Å². The first-order chi connectivity index (χ1) is 18.0. The number of benzene rings is 4. The number of hydrogen-bond donors (Lipinski definition) is 1. The number of amides is 1. The molecule has 1 unspecified atom stereocenters. The summed E-state index contributed by atoms with van der Waals surface area (Å²) in [5.41, 5.74) is 1.69. The number of aliphatic hydroxyl groups excluding tert-OH is 1. The standard InChI is InChI=1S/C30H20BrNO5/c1-36-21-9-5-8-20(16-21)32-27(23-11-4-7-17-6-2-3-10-22(17)23)26(29(34)30(32)35)28(33)25-15-18-14-19(31)12-13-24(18)37-25/h2-16,27,34H,1H3. The van der Waals surface area contributed by atoms with Crippen LogP contribution in [-0.2, 0) is 4.79 Å². The number of carbonyl (C=O) groups excluding carboxylic acids is 2. The molecule has 1 aliphatic rings. The first kappa shape index (κ1) is 23.1. The summed E-state index contributed by atoms with van der Waals surface area (Å²) in [5.74, 6) is -1.24. The molecule has 1 aromatic heterocycles. The molecule has 0 aliphatic carbocycles. The van der Waals surface area contributed by atoms with Crippen molar-refractivity contribution in [2.24, 2.45) is 0 Å². The molecule has 2 heterocycles. The van der Waals surface area contributed by atoms with E-state index in [0.29, 0.717) is 22.6 Å². The summed E-state index contributed by atoms with van der Waals surface area (Å²) in [5, 5.41) is 13.7. The average Bonchev–Trinajstić information content (AvgIpc) is 3.46. The number of hydrogen-bond acceptors (Lipinski definition) is 5. The lowest BCUT2D eigenvalue weighted by atomic mass is 9.91. The van der Waals surface area contributed by atoms with Crippen molar-refractivity contribution in [1.29, 1.82) is 0 Å². The Kier molecular flexibility index (Phi) is 5.57. The number of Topliss-reactive ketones (excluding diaryl/α,β-unsaturated/α-hetero) is 1. The number of fused-ring (bicyclic) bond motifs is 2. The second-order valence-corrected chi connectivity index (χ2v) is 9.65. The molecule has 37 heavy (non-hydrogen) atoms. The van der Waals surface area contributed by atoms with Gasteiger partial charge in [0.25, 0.3) is 5.91 Å². The monoisotopic (exact) mass is 553 g/mol. The van der Waals surface area contributed by atoms with Crippen LogP contribution in [0.3, 0.4) is 0 Å². The van der Waals surface area contributed by atoms with Crippen LogP contribution in [0.5, 0.6) is 5.75 Å². The van der Waals surface area contributed by atoms with Crippen molar-refractivity contribution in [2.45, 2.75) is 6.04 Å². The lowest BCUT2D eigenvalue weighted by Gasteiger charge is -2.28. The summed E-state index contributed by atoms with van der Waals surface area (Å²) in [6.07, 6.45) is 0.